The molecule has 0 aliphatic carbocycles. The molecule has 0 unspecified atom stereocenters. The van der Waals surface area contributed by atoms with Gasteiger partial charge in [-0.1, -0.05) is 76.4 Å². The van der Waals surface area contributed by atoms with E-state index in [9.17, 15) is 18.0 Å². The first-order valence-electron chi connectivity index (χ1n) is 12.6. The van der Waals surface area contributed by atoms with Crippen LogP contribution in [0.3, 0.4) is 0 Å². The molecule has 214 valence electrons. The first-order valence-corrected chi connectivity index (χ1v) is 15.6. The fraction of sp³-hybridized carbons (Fsp3) is 0.310. The minimum atomic E-state index is -4.14. The number of benzene rings is 3. The van der Waals surface area contributed by atoms with Gasteiger partial charge in [0.05, 0.1) is 20.6 Å². The van der Waals surface area contributed by atoms with Gasteiger partial charge in [-0.05, 0) is 75.2 Å². The summed E-state index contributed by atoms with van der Waals surface area (Å²) in [5.41, 5.74) is 0.403. The van der Waals surface area contributed by atoms with E-state index in [1.807, 2.05) is 20.8 Å². The standard InChI is InChI=1S/C29H32BrCl2N3O4S/c1-5-26(28(37)33-29(2,3)4)34(18-20-14-15-24(31)25(32)16-20)27(36)19-35(22-11-9-10-21(30)17-22)40(38,39)23-12-7-6-8-13-23/h6-17,26H,5,18-19H2,1-4H3,(H,33,37)/t26-/m0/s1. The summed E-state index contributed by atoms with van der Waals surface area (Å²) in [5, 5.41) is 3.61. The first kappa shape index (κ1) is 31.9. The van der Waals surface area contributed by atoms with E-state index >= 15 is 0 Å². The van der Waals surface area contributed by atoms with Crippen LogP contribution in [-0.4, -0.2) is 43.3 Å². The third kappa shape index (κ3) is 8.22. The molecular weight excluding hydrogens is 637 g/mol. The highest BCUT2D eigenvalue weighted by atomic mass is 79.9. The largest absolute Gasteiger partial charge is 0.350 e. The average molecular weight is 669 g/mol. The number of nitrogens with zero attached hydrogens (tertiary/aromatic N) is 2. The number of halogens is 3. The second-order valence-electron chi connectivity index (χ2n) is 10.2. The molecule has 7 nitrogen and oxygen atoms in total. The Morgan fingerprint density at radius 2 is 1.62 bits per heavy atom. The number of sulfonamides is 1. The quantitative estimate of drug-likeness (QED) is 0.261. The van der Waals surface area contributed by atoms with Gasteiger partial charge in [-0.15, -0.1) is 0 Å². The number of hydrogen-bond acceptors (Lipinski definition) is 4. The van der Waals surface area contributed by atoms with Crippen molar-refractivity contribution in [3.8, 4) is 0 Å². The van der Waals surface area contributed by atoms with E-state index in [2.05, 4.69) is 21.2 Å². The van der Waals surface area contributed by atoms with Crippen molar-refractivity contribution < 1.29 is 18.0 Å². The summed E-state index contributed by atoms with van der Waals surface area (Å²) in [6.45, 7) is 6.84. The number of amides is 2. The summed E-state index contributed by atoms with van der Waals surface area (Å²) >= 11 is 15.7. The third-order valence-corrected chi connectivity index (χ3v) is 8.95. The topological polar surface area (TPSA) is 86.8 Å². The molecule has 0 bridgehead atoms. The normalized spacial score (nSPS) is 12.5. The van der Waals surface area contributed by atoms with E-state index in [1.165, 1.54) is 17.0 Å². The lowest BCUT2D eigenvalue weighted by Gasteiger charge is -2.34. The Morgan fingerprint density at radius 1 is 0.950 bits per heavy atom. The molecule has 1 N–H and O–H groups in total. The van der Waals surface area contributed by atoms with Crippen molar-refractivity contribution >= 4 is 66.7 Å². The predicted molar refractivity (Wildman–Crippen MR) is 164 cm³/mol. The molecule has 0 spiro atoms. The van der Waals surface area contributed by atoms with E-state index in [4.69, 9.17) is 23.2 Å². The van der Waals surface area contributed by atoms with Gasteiger partial charge in [-0.2, -0.15) is 0 Å². The minimum Gasteiger partial charge on any atom is -0.350 e. The van der Waals surface area contributed by atoms with Gasteiger partial charge in [-0.3, -0.25) is 13.9 Å². The van der Waals surface area contributed by atoms with E-state index in [0.29, 0.717) is 32.2 Å². The molecule has 3 rings (SSSR count). The highest BCUT2D eigenvalue weighted by Gasteiger charge is 2.34. The first-order chi connectivity index (χ1) is 18.7. The number of rotatable bonds is 10. The monoisotopic (exact) mass is 667 g/mol. The maximum Gasteiger partial charge on any atom is 0.264 e. The number of hydrogen-bond donors (Lipinski definition) is 1. The SMILES string of the molecule is CC[C@@H](C(=O)NC(C)(C)C)N(Cc1ccc(Cl)c(Cl)c1)C(=O)CN(c1cccc(Br)c1)S(=O)(=O)c1ccccc1. The highest BCUT2D eigenvalue weighted by Crippen LogP contribution is 2.28. The van der Waals surface area contributed by atoms with Crippen molar-refractivity contribution in [3.05, 3.63) is 92.9 Å². The highest BCUT2D eigenvalue weighted by molar-refractivity contribution is 9.10. The average Bonchev–Trinajstić information content (AvgIpc) is 2.88. The van der Waals surface area contributed by atoms with Gasteiger partial charge in [-0.25, -0.2) is 8.42 Å². The van der Waals surface area contributed by atoms with E-state index in [-0.39, 0.29) is 17.3 Å². The molecular formula is C29H32BrCl2N3O4S. The molecule has 0 saturated heterocycles. The van der Waals surface area contributed by atoms with Crippen LogP contribution in [-0.2, 0) is 26.2 Å². The number of nitrogens with one attached hydrogen (secondary N) is 1. The molecule has 11 heteroatoms. The van der Waals surface area contributed by atoms with Gasteiger partial charge in [0.1, 0.15) is 12.6 Å². The smallest absolute Gasteiger partial charge is 0.264 e. The van der Waals surface area contributed by atoms with Crippen LogP contribution in [0.4, 0.5) is 5.69 Å². The molecule has 0 radical (unpaired) electrons. The van der Waals surface area contributed by atoms with Crippen molar-refractivity contribution in [3.63, 3.8) is 0 Å². The summed E-state index contributed by atoms with van der Waals surface area (Å²) in [7, 11) is -4.14. The van der Waals surface area contributed by atoms with Crippen LogP contribution in [0.15, 0.2) is 82.2 Å². The predicted octanol–water partition coefficient (Wildman–Crippen LogP) is 6.67. The Bertz CT molecular complexity index is 1460. The molecule has 3 aromatic rings. The zero-order chi connectivity index (χ0) is 29.7. The molecule has 0 saturated carbocycles. The van der Waals surface area contributed by atoms with Gasteiger partial charge in [0, 0.05) is 16.6 Å². The Morgan fingerprint density at radius 3 is 2.20 bits per heavy atom. The fourth-order valence-corrected chi connectivity index (χ4v) is 6.22. The van der Waals surface area contributed by atoms with Crippen LogP contribution >= 0.6 is 39.1 Å². The van der Waals surface area contributed by atoms with Crippen LogP contribution in [0, 0.1) is 0 Å². The van der Waals surface area contributed by atoms with Gasteiger partial charge in [0.15, 0.2) is 0 Å². The van der Waals surface area contributed by atoms with Gasteiger partial charge >= 0.3 is 0 Å². The maximum atomic E-state index is 14.1. The van der Waals surface area contributed by atoms with Crippen molar-refractivity contribution in [1.82, 2.24) is 10.2 Å². The van der Waals surface area contributed by atoms with Crippen LogP contribution in [0.1, 0.15) is 39.7 Å². The summed E-state index contributed by atoms with van der Waals surface area (Å²) in [5.74, 6) is -0.898. The number of anilines is 1. The lowest BCUT2D eigenvalue weighted by atomic mass is 10.1. The van der Waals surface area contributed by atoms with E-state index in [1.54, 1.807) is 67.6 Å². The molecule has 0 heterocycles. The zero-order valence-corrected chi connectivity index (χ0v) is 26.6. The summed E-state index contributed by atoms with van der Waals surface area (Å²) in [4.78, 5) is 28.9. The van der Waals surface area contributed by atoms with Crippen molar-refractivity contribution in [2.75, 3.05) is 10.8 Å². The fourth-order valence-electron chi connectivity index (χ4n) is 4.09. The Labute approximate surface area is 254 Å². The second kappa shape index (κ2) is 13.4. The van der Waals surface area contributed by atoms with Crippen LogP contribution in [0.5, 0.6) is 0 Å². The molecule has 1 atom stereocenters. The summed E-state index contributed by atoms with van der Waals surface area (Å²) in [6.07, 6.45) is 0.303. The molecule has 40 heavy (non-hydrogen) atoms. The Balaban J connectivity index is 2.08. The zero-order valence-electron chi connectivity index (χ0n) is 22.7. The molecule has 0 aliphatic heterocycles. The Kier molecular flexibility index (Phi) is 10.7. The molecule has 3 aromatic carbocycles. The lowest BCUT2D eigenvalue weighted by molar-refractivity contribution is -0.141. The van der Waals surface area contributed by atoms with Crippen LogP contribution in [0.25, 0.3) is 0 Å². The van der Waals surface area contributed by atoms with Gasteiger partial charge < -0.3 is 10.2 Å². The van der Waals surface area contributed by atoms with Crippen LogP contribution < -0.4 is 9.62 Å². The number of carbonyl (C=O) groups excluding carboxylic acids is 2. The molecule has 2 amide bonds. The van der Waals surface area contributed by atoms with E-state index in [0.717, 1.165) is 4.31 Å². The second-order valence-corrected chi connectivity index (χ2v) is 13.8. The molecule has 0 fully saturated rings. The summed E-state index contributed by atoms with van der Waals surface area (Å²) in [6, 6.07) is 18.7. The van der Waals surface area contributed by atoms with E-state index < -0.39 is 34.1 Å². The van der Waals surface area contributed by atoms with Crippen molar-refractivity contribution in [1.29, 1.82) is 0 Å². The number of carbonyl (C=O) groups is 2. The molecule has 0 aliphatic rings. The van der Waals surface area contributed by atoms with Crippen molar-refractivity contribution in [2.24, 2.45) is 0 Å². The van der Waals surface area contributed by atoms with Gasteiger partial charge in [0.2, 0.25) is 11.8 Å². The Hall–Kier alpha value is -2.59. The third-order valence-electron chi connectivity index (χ3n) is 5.93. The molecule has 0 aromatic heterocycles. The minimum absolute atomic E-state index is 0.0174. The lowest BCUT2D eigenvalue weighted by Crippen LogP contribution is -2.55. The maximum absolute atomic E-state index is 14.1. The van der Waals surface area contributed by atoms with Crippen LogP contribution in [0.2, 0.25) is 10.0 Å². The van der Waals surface area contributed by atoms with Gasteiger partial charge in [0.25, 0.3) is 10.0 Å². The van der Waals surface area contributed by atoms with Crippen molar-refractivity contribution in [2.45, 2.75) is 57.1 Å². The summed E-state index contributed by atoms with van der Waals surface area (Å²) < 4.78 is 29.4.